The third-order valence-electron chi connectivity index (χ3n) is 2.07. The maximum Gasteiger partial charge on any atom is 0.265 e. The van der Waals surface area contributed by atoms with Crippen molar-refractivity contribution in [1.29, 1.82) is 0 Å². The number of carbonyl (C=O) groups is 1. The molecule has 0 fully saturated rings. The fourth-order valence-electron chi connectivity index (χ4n) is 1.25. The molecular weight excluding hydrogens is 333 g/mol. The molecular formula is C11H6Cl3NOS2. The predicted octanol–water partition coefficient (Wildman–Crippen LogP) is 5.25. The van der Waals surface area contributed by atoms with Crippen molar-refractivity contribution in [2.24, 2.45) is 0 Å². The van der Waals surface area contributed by atoms with Gasteiger partial charge in [-0.05, 0) is 18.2 Å². The van der Waals surface area contributed by atoms with Gasteiger partial charge in [0.05, 0.1) is 25.6 Å². The highest BCUT2D eigenvalue weighted by Gasteiger charge is 2.12. The average molecular weight is 339 g/mol. The zero-order chi connectivity index (χ0) is 13.3. The van der Waals surface area contributed by atoms with E-state index in [1.54, 1.807) is 11.4 Å². The van der Waals surface area contributed by atoms with Crippen LogP contribution in [0.5, 0.6) is 0 Å². The molecule has 0 bridgehead atoms. The van der Waals surface area contributed by atoms with E-state index in [-0.39, 0.29) is 5.91 Å². The number of thiophene rings is 1. The average Bonchev–Trinajstić information content (AvgIpc) is 2.73. The fourth-order valence-corrected chi connectivity index (χ4v) is 2.89. The number of rotatable bonds is 2. The van der Waals surface area contributed by atoms with Gasteiger partial charge in [0.25, 0.3) is 5.91 Å². The smallest absolute Gasteiger partial charge is 0.265 e. The van der Waals surface area contributed by atoms with Gasteiger partial charge in [-0.3, -0.25) is 4.79 Å². The molecule has 1 heterocycles. The van der Waals surface area contributed by atoms with Gasteiger partial charge in [0.2, 0.25) is 0 Å². The molecule has 18 heavy (non-hydrogen) atoms. The highest BCUT2D eigenvalue weighted by molar-refractivity contribution is 7.80. The van der Waals surface area contributed by atoms with Crippen molar-refractivity contribution in [3.05, 3.63) is 43.5 Å². The van der Waals surface area contributed by atoms with Gasteiger partial charge in [-0.15, -0.1) is 24.0 Å². The summed E-state index contributed by atoms with van der Waals surface area (Å²) >= 11 is 23.1. The van der Waals surface area contributed by atoms with E-state index < -0.39 is 0 Å². The van der Waals surface area contributed by atoms with E-state index in [9.17, 15) is 4.79 Å². The Morgan fingerprint density at radius 2 is 1.78 bits per heavy atom. The van der Waals surface area contributed by atoms with Crippen molar-refractivity contribution in [2.45, 2.75) is 4.90 Å². The first-order valence-corrected chi connectivity index (χ1v) is 7.17. The normalized spacial score (nSPS) is 10.4. The summed E-state index contributed by atoms with van der Waals surface area (Å²) in [6, 6.07) is 4.67. The van der Waals surface area contributed by atoms with E-state index >= 15 is 0 Å². The maximum absolute atomic E-state index is 11.9. The molecule has 0 saturated heterocycles. The first-order valence-electron chi connectivity index (χ1n) is 4.71. The molecule has 1 aromatic heterocycles. The molecule has 1 N–H and O–H groups in total. The van der Waals surface area contributed by atoms with Crippen molar-refractivity contribution in [2.75, 3.05) is 5.32 Å². The van der Waals surface area contributed by atoms with Crippen LogP contribution < -0.4 is 5.32 Å². The van der Waals surface area contributed by atoms with Crippen molar-refractivity contribution in [3.63, 3.8) is 0 Å². The molecule has 0 radical (unpaired) electrons. The van der Waals surface area contributed by atoms with Crippen molar-refractivity contribution < 1.29 is 4.79 Å². The monoisotopic (exact) mass is 337 g/mol. The largest absolute Gasteiger partial charge is 0.320 e. The number of benzene rings is 1. The summed E-state index contributed by atoms with van der Waals surface area (Å²) < 4.78 is 0. The van der Waals surface area contributed by atoms with E-state index in [1.165, 1.54) is 23.5 Å². The molecule has 7 heteroatoms. The van der Waals surface area contributed by atoms with Crippen LogP contribution in [0.2, 0.25) is 15.1 Å². The molecule has 2 aromatic rings. The molecule has 0 atom stereocenters. The number of carbonyl (C=O) groups excluding carboxylic acids is 1. The lowest BCUT2D eigenvalue weighted by molar-refractivity contribution is 0.103. The van der Waals surface area contributed by atoms with Gasteiger partial charge < -0.3 is 5.32 Å². The minimum atomic E-state index is -0.263. The summed E-state index contributed by atoms with van der Waals surface area (Å²) in [5, 5.41) is 5.45. The van der Waals surface area contributed by atoms with Crippen LogP contribution in [0.25, 0.3) is 0 Å². The lowest BCUT2D eigenvalue weighted by atomic mass is 10.3. The quantitative estimate of drug-likeness (QED) is 0.568. The SMILES string of the molecule is O=C(Nc1cc(Cl)c(Cl)cc1Cl)c1cc(S)cs1. The number of anilines is 1. The van der Waals surface area contributed by atoms with Crippen LogP contribution in [-0.2, 0) is 0 Å². The summed E-state index contributed by atoms with van der Waals surface area (Å²) in [4.78, 5) is 13.2. The van der Waals surface area contributed by atoms with E-state index in [0.29, 0.717) is 25.6 Å². The molecule has 0 spiro atoms. The molecule has 0 aliphatic rings. The van der Waals surface area contributed by atoms with Gasteiger partial charge in [0.15, 0.2) is 0 Å². The van der Waals surface area contributed by atoms with Gasteiger partial charge in [0.1, 0.15) is 0 Å². The van der Waals surface area contributed by atoms with Crippen molar-refractivity contribution in [3.8, 4) is 0 Å². The van der Waals surface area contributed by atoms with Crippen molar-refractivity contribution in [1.82, 2.24) is 0 Å². The molecule has 0 unspecified atom stereocenters. The van der Waals surface area contributed by atoms with Crippen LogP contribution in [0.3, 0.4) is 0 Å². The number of halogens is 3. The Kier molecular flexibility index (Phi) is 4.45. The second kappa shape index (κ2) is 5.72. The fraction of sp³-hybridized carbons (Fsp3) is 0. The summed E-state index contributed by atoms with van der Waals surface area (Å²) in [6.45, 7) is 0. The standard InChI is InChI=1S/C11H6Cl3NOS2/c12-6-2-8(14)9(3-7(6)13)15-11(16)10-1-5(17)4-18-10/h1-4,17H,(H,15,16). The summed E-state index contributed by atoms with van der Waals surface area (Å²) in [6.07, 6.45) is 0. The lowest BCUT2D eigenvalue weighted by Gasteiger charge is -2.07. The van der Waals surface area contributed by atoms with E-state index in [0.717, 1.165) is 4.90 Å². The van der Waals surface area contributed by atoms with Crippen LogP contribution in [0.15, 0.2) is 28.5 Å². The first-order chi connectivity index (χ1) is 8.47. The lowest BCUT2D eigenvalue weighted by Crippen LogP contribution is -2.10. The third-order valence-corrected chi connectivity index (χ3v) is 4.46. The highest BCUT2D eigenvalue weighted by atomic mass is 35.5. The Morgan fingerprint density at radius 3 is 2.39 bits per heavy atom. The number of hydrogen-bond donors (Lipinski definition) is 2. The van der Waals surface area contributed by atoms with Gasteiger partial charge in [-0.1, -0.05) is 34.8 Å². The summed E-state index contributed by atoms with van der Waals surface area (Å²) in [7, 11) is 0. The number of amides is 1. The Hall–Kier alpha value is -0.390. The van der Waals surface area contributed by atoms with Crippen LogP contribution in [0, 0.1) is 0 Å². The second-order valence-electron chi connectivity index (χ2n) is 3.37. The van der Waals surface area contributed by atoms with Crippen LogP contribution in [0.1, 0.15) is 9.67 Å². The Labute approximate surface area is 128 Å². The third kappa shape index (κ3) is 3.13. The summed E-state index contributed by atoms with van der Waals surface area (Å²) in [5.74, 6) is -0.263. The Bertz CT molecular complexity index is 612. The Balaban J connectivity index is 2.24. The predicted molar refractivity (Wildman–Crippen MR) is 81.0 cm³/mol. The number of nitrogens with one attached hydrogen (secondary N) is 1. The van der Waals surface area contributed by atoms with Crippen molar-refractivity contribution >= 4 is 70.4 Å². The van der Waals surface area contributed by atoms with Gasteiger partial charge in [0, 0.05) is 10.3 Å². The van der Waals surface area contributed by atoms with Gasteiger partial charge in [-0.25, -0.2) is 0 Å². The Morgan fingerprint density at radius 1 is 1.11 bits per heavy atom. The molecule has 2 rings (SSSR count). The summed E-state index contributed by atoms with van der Waals surface area (Å²) in [5.41, 5.74) is 0.421. The number of hydrogen-bond acceptors (Lipinski definition) is 3. The van der Waals surface area contributed by atoms with E-state index in [2.05, 4.69) is 17.9 Å². The second-order valence-corrected chi connectivity index (χ2v) is 6.02. The molecule has 1 amide bonds. The van der Waals surface area contributed by atoms with E-state index in [1.807, 2.05) is 0 Å². The maximum atomic E-state index is 11.9. The molecule has 0 saturated carbocycles. The zero-order valence-corrected chi connectivity index (χ0v) is 12.7. The molecule has 0 aliphatic heterocycles. The molecule has 1 aromatic carbocycles. The van der Waals surface area contributed by atoms with Crippen LogP contribution in [0.4, 0.5) is 5.69 Å². The van der Waals surface area contributed by atoms with Crippen LogP contribution in [-0.4, -0.2) is 5.91 Å². The highest BCUT2D eigenvalue weighted by Crippen LogP contribution is 2.32. The molecule has 0 aliphatic carbocycles. The minimum absolute atomic E-state index is 0.263. The van der Waals surface area contributed by atoms with E-state index in [4.69, 9.17) is 34.8 Å². The molecule has 94 valence electrons. The molecule has 2 nitrogen and oxygen atoms in total. The topological polar surface area (TPSA) is 29.1 Å². The minimum Gasteiger partial charge on any atom is -0.320 e. The zero-order valence-electron chi connectivity index (χ0n) is 8.71. The number of thiol groups is 1. The van der Waals surface area contributed by atoms with Gasteiger partial charge in [-0.2, -0.15) is 0 Å². The first kappa shape index (κ1) is 14.0. The van der Waals surface area contributed by atoms with Crippen LogP contribution >= 0.6 is 58.8 Å². The van der Waals surface area contributed by atoms with Gasteiger partial charge >= 0.3 is 0 Å².